The van der Waals surface area contributed by atoms with Gasteiger partial charge in [0, 0.05) is 35.7 Å². The van der Waals surface area contributed by atoms with Crippen molar-refractivity contribution in [3.8, 4) is 0 Å². The summed E-state index contributed by atoms with van der Waals surface area (Å²) in [5, 5.41) is 63.9. The average Bonchev–Trinajstić information content (AvgIpc) is 3.62. The first-order valence-corrected chi connectivity index (χ1v) is 17.0. The van der Waals surface area contributed by atoms with E-state index in [0.29, 0.717) is 5.56 Å². The molecule has 286 valence electrons. The fraction of sp³-hybridized carbons (Fsp3) is 0.771. The van der Waals surface area contributed by atoms with E-state index in [9.17, 15) is 49.8 Å². The summed E-state index contributed by atoms with van der Waals surface area (Å²) in [5.74, 6) is -4.95. The molecule has 2 aliphatic heterocycles. The Hall–Kier alpha value is -2.96. The Morgan fingerprint density at radius 2 is 1.76 bits per heavy atom. The lowest BCUT2D eigenvalue weighted by Crippen LogP contribution is -2.72. The number of rotatable bonds is 11. The number of fused-ring (bicyclic) bond motifs is 2. The first-order chi connectivity index (χ1) is 23.7. The molecular formula is C35H50O16. The number of aliphatic carboxylic acids is 1. The molecule has 0 aromatic carbocycles. The number of carbonyl (C=O) groups is 4. The van der Waals surface area contributed by atoms with E-state index in [-0.39, 0.29) is 19.3 Å². The first-order valence-electron chi connectivity index (χ1n) is 17.0. The number of carboxylic acids is 1. The predicted octanol–water partition coefficient (Wildman–Crippen LogP) is 0.643. The minimum Gasteiger partial charge on any atom is -0.479 e. The number of aliphatic hydroxyl groups is 5. The Bertz CT molecular complexity index is 1490. The highest BCUT2D eigenvalue weighted by atomic mass is 16.7. The number of furan rings is 1. The van der Waals surface area contributed by atoms with E-state index in [0.717, 1.165) is 0 Å². The molecule has 6 N–H and O–H groups in total. The quantitative estimate of drug-likeness (QED) is 0.135. The second-order valence-corrected chi connectivity index (χ2v) is 15.6. The molecule has 0 radical (unpaired) electrons. The molecule has 16 heteroatoms. The number of ether oxygens (including phenoxy) is 5. The number of aliphatic hydroxyl groups excluding tert-OH is 4. The number of carboxylic acid groups (broad SMARTS) is 1. The average molecular weight is 727 g/mol. The molecule has 4 aliphatic rings. The van der Waals surface area contributed by atoms with E-state index in [1.54, 1.807) is 26.8 Å². The molecule has 2 saturated heterocycles. The van der Waals surface area contributed by atoms with Crippen LogP contribution in [0.1, 0.15) is 78.9 Å². The lowest BCUT2D eigenvalue weighted by molar-refractivity contribution is -0.329. The summed E-state index contributed by atoms with van der Waals surface area (Å²) in [5.41, 5.74) is -7.51. The van der Waals surface area contributed by atoms with Crippen LogP contribution in [-0.4, -0.2) is 122 Å². The molecule has 4 fully saturated rings. The minimum absolute atomic E-state index is 0.0801. The fourth-order valence-electron chi connectivity index (χ4n) is 10.1. The van der Waals surface area contributed by atoms with Crippen molar-refractivity contribution in [3.63, 3.8) is 0 Å². The number of epoxide rings is 1. The smallest absolute Gasteiger partial charge is 0.335 e. The summed E-state index contributed by atoms with van der Waals surface area (Å²) in [4.78, 5) is 53.2. The van der Waals surface area contributed by atoms with E-state index < -0.39 is 125 Å². The van der Waals surface area contributed by atoms with Crippen molar-refractivity contribution in [1.82, 2.24) is 0 Å². The topological polar surface area (TPSA) is 252 Å². The lowest BCUT2D eigenvalue weighted by atomic mass is 9.37. The Labute approximate surface area is 294 Å². The number of methoxy groups -OCH3 is 1. The van der Waals surface area contributed by atoms with Crippen LogP contribution in [0.3, 0.4) is 0 Å². The SMILES string of the molecule is COC(=O)CC(OC(C)=O)[C@]1(C)[C@H]2CC[C@@](C)([C@@H](O[C@@H]3O[C@H](CO)[C@@H](O)[C@H](O)[C@H]3O)c3ccoc3)[C@]3(O[C@H]3C(=O)O)[C@]2(C)C(=O)C[C@H]1C(C)(C)O. The van der Waals surface area contributed by atoms with E-state index >= 15 is 0 Å². The standard InChI is InChI=1S/C35H50O16/c1-16(37)48-22(13-23(39)46-7)33(5)19-8-10-32(4,35(28(51-35)29(43)44)34(19,6)21(38)12-20(33)31(2,3)45)27(17-9-11-47-15-17)50-30-26(42)25(41)24(40)18(14-36)49-30/h9,11,15,18-20,22,24-28,30,36,40-42,45H,8,10,12-14H2,1-7H3,(H,43,44)/t18-,19-,20+,22?,24-,25+,26-,27+,28+,30+,32+,33-,34+,35+/m1/s1. The van der Waals surface area contributed by atoms with Gasteiger partial charge in [0.15, 0.2) is 12.4 Å². The largest absolute Gasteiger partial charge is 0.479 e. The number of Topliss-reactive ketones (excluding diaryl/α,β-unsaturated/α-hetero) is 1. The van der Waals surface area contributed by atoms with Crippen LogP contribution < -0.4 is 0 Å². The zero-order chi connectivity index (χ0) is 38.1. The summed E-state index contributed by atoms with van der Waals surface area (Å²) in [6.45, 7) is 8.51. The van der Waals surface area contributed by atoms with E-state index in [1.807, 2.05) is 0 Å². The maximum absolute atomic E-state index is 14.8. The van der Waals surface area contributed by atoms with Crippen molar-refractivity contribution in [3.05, 3.63) is 24.2 Å². The van der Waals surface area contributed by atoms with Gasteiger partial charge in [0.05, 0.1) is 49.8 Å². The first kappa shape index (κ1) is 39.3. The molecule has 51 heavy (non-hydrogen) atoms. The van der Waals surface area contributed by atoms with E-state index in [4.69, 9.17) is 28.1 Å². The van der Waals surface area contributed by atoms with Crippen molar-refractivity contribution in [1.29, 1.82) is 0 Å². The van der Waals surface area contributed by atoms with E-state index in [1.165, 1.54) is 40.4 Å². The van der Waals surface area contributed by atoms with Crippen LogP contribution >= 0.6 is 0 Å². The van der Waals surface area contributed by atoms with Crippen molar-refractivity contribution in [2.75, 3.05) is 13.7 Å². The predicted molar refractivity (Wildman–Crippen MR) is 170 cm³/mol. The third kappa shape index (κ3) is 5.91. The minimum atomic E-state index is -1.85. The van der Waals surface area contributed by atoms with Crippen LogP contribution in [0.2, 0.25) is 0 Å². The summed E-state index contributed by atoms with van der Waals surface area (Å²) in [6, 6.07) is 1.55. The van der Waals surface area contributed by atoms with Crippen molar-refractivity contribution < 1.29 is 77.9 Å². The molecule has 0 bridgehead atoms. The summed E-state index contributed by atoms with van der Waals surface area (Å²) in [7, 11) is 1.18. The van der Waals surface area contributed by atoms with Gasteiger partial charge in [-0.3, -0.25) is 14.4 Å². The molecule has 0 amide bonds. The van der Waals surface area contributed by atoms with Gasteiger partial charge >= 0.3 is 17.9 Å². The van der Waals surface area contributed by atoms with Crippen LogP contribution in [0.4, 0.5) is 0 Å². The maximum atomic E-state index is 14.8. The Morgan fingerprint density at radius 1 is 1.10 bits per heavy atom. The van der Waals surface area contributed by atoms with Gasteiger partial charge < -0.3 is 58.7 Å². The third-order valence-electron chi connectivity index (χ3n) is 12.6. The van der Waals surface area contributed by atoms with Gasteiger partial charge in [0.2, 0.25) is 0 Å². The normalized spacial score (nSPS) is 42.1. The second kappa shape index (κ2) is 13.5. The molecule has 3 heterocycles. The molecule has 1 aromatic rings. The summed E-state index contributed by atoms with van der Waals surface area (Å²) in [6.07, 6.45) is -10.1. The van der Waals surface area contributed by atoms with Gasteiger partial charge in [-0.25, -0.2) is 4.79 Å². The molecule has 1 unspecified atom stereocenters. The van der Waals surface area contributed by atoms with Gasteiger partial charge in [-0.1, -0.05) is 13.8 Å². The number of ketones is 1. The molecule has 2 aliphatic carbocycles. The monoisotopic (exact) mass is 726 g/mol. The number of esters is 2. The molecule has 1 spiro atoms. The number of carbonyl (C=O) groups excluding carboxylic acids is 3. The maximum Gasteiger partial charge on any atom is 0.335 e. The van der Waals surface area contributed by atoms with Gasteiger partial charge in [-0.2, -0.15) is 0 Å². The Kier molecular flexibility index (Phi) is 10.4. The highest BCUT2D eigenvalue weighted by Gasteiger charge is 2.86. The lowest BCUT2D eigenvalue weighted by Gasteiger charge is -2.66. The molecule has 1 aromatic heterocycles. The summed E-state index contributed by atoms with van der Waals surface area (Å²) < 4.78 is 34.6. The van der Waals surface area contributed by atoms with Crippen LogP contribution in [-0.2, 0) is 42.9 Å². The van der Waals surface area contributed by atoms with Crippen molar-refractivity contribution in [2.45, 2.75) is 127 Å². The zero-order valence-electron chi connectivity index (χ0n) is 29.8. The van der Waals surface area contributed by atoms with Crippen LogP contribution in [0.25, 0.3) is 0 Å². The fourth-order valence-corrected chi connectivity index (χ4v) is 10.1. The van der Waals surface area contributed by atoms with Gasteiger partial charge in [0.25, 0.3) is 0 Å². The highest BCUT2D eigenvalue weighted by Crippen LogP contribution is 2.77. The molecule has 2 saturated carbocycles. The van der Waals surface area contributed by atoms with E-state index in [2.05, 4.69) is 0 Å². The van der Waals surface area contributed by atoms with Gasteiger partial charge in [-0.15, -0.1) is 0 Å². The number of hydrogen-bond acceptors (Lipinski definition) is 15. The van der Waals surface area contributed by atoms with Crippen molar-refractivity contribution in [2.24, 2.45) is 28.1 Å². The van der Waals surface area contributed by atoms with Gasteiger partial charge in [0.1, 0.15) is 41.9 Å². The number of hydrogen-bond donors (Lipinski definition) is 6. The molecule has 16 nitrogen and oxygen atoms in total. The molecular weight excluding hydrogens is 676 g/mol. The zero-order valence-corrected chi connectivity index (χ0v) is 29.8. The van der Waals surface area contributed by atoms with Crippen molar-refractivity contribution >= 4 is 23.7 Å². The Balaban J connectivity index is 1.70. The summed E-state index contributed by atoms with van der Waals surface area (Å²) >= 11 is 0. The van der Waals surface area contributed by atoms with Crippen LogP contribution in [0.15, 0.2) is 23.0 Å². The molecule has 14 atom stereocenters. The second-order valence-electron chi connectivity index (χ2n) is 15.6. The molecule has 5 rings (SSSR count). The van der Waals surface area contributed by atoms with Gasteiger partial charge in [-0.05, 0) is 45.6 Å². The highest BCUT2D eigenvalue weighted by molar-refractivity contribution is 5.92. The van der Waals surface area contributed by atoms with Crippen LogP contribution in [0.5, 0.6) is 0 Å². The van der Waals surface area contributed by atoms with Crippen LogP contribution in [0, 0.1) is 28.1 Å². The Morgan fingerprint density at radius 3 is 2.27 bits per heavy atom. The third-order valence-corrected chi connectivity index (χ3v) is 12.6.